The Kier molecular flexibility index (Phi) is 4.82. The molecule has 0 aliphatic heterocycles. The molecule has 0 atom stereocenters. The van der Waals surface area contributed by atoms with Gasteiger partial charge in [0.2, 0.25) is 0 Å². The van der Waals surface area contributed by atoms with E-state index in [1.807, 2.05) is 0 Å². The summed E-state index contributed by atoms with van der Waals surface area (Å²) in [5.41, 5.74) is 5.70. The van der Waals surface area contributed by atoms with Gasteiger partial charge in [0.1, 0.15) is 0 Å². The van der Waals surface area contributed by atoms with Crippen molar-refractivity contribution >= 4 is 21.5 Å². The molecular formula is C24H23Zr-. The van der Waals surface area contributed by atoms with Gasteiger partial charge in [-0.05, 0) is 21.8 Å². The predicted octanol–water partition coefficient (Wildman–Crippen LogP) is 6.98. The SMILES string of the molecule is Cc1c(C(C)(C)C)[cH-]c2cccc(-c3cccc4ccccc34)c12.[Zr]. The van der Waals surface area contributed by atoms with Gasteiger partial charge < -0.3 is 0 Å². The Morgan fingerprint density at radius 3 is 2.16 bits per heavy atom. The molecule has 0 spiro atoms. The summed E-state index contributed by atoms with van der Waals surface area (Å²) in [6.07, 6.45) is 0. The monoisotopic (exact) mass is 401 g/mol. The van der Waals surface area contributed by atoms with Gasteiger partial charge in [-0.2, -0.15) is 5.56 Å². The van der Waals surface area contributed by atoms with Crippen LogP contribution in [0.5, 0.6) is 0 Å². The Labute approximate surface area is 169 Å². The van der Waals surface area contributed by atoms with Crippen molar-refractivity contribution in [1.29, 1.82) is 0 Å². The van der Waals surface area contributed by atoms with Crippen LogP contribution in [0.15, 0.2) is 66.7 Å². The summed E-state index contributed by atoms with van der Waals surface area (Å²) in [5, 5.41) is 5.37. The molecule has 0 saturated heterocycles. The van der Waals surface area contributed by atoms with Crippen molar-refractivity contribution in [1.82, 2.24) is 0 Å². The summed E-state index contributed by atoms with van der Waals surface area (Å²) in [6, 6.07) is 24.3. The zero-order valence-electron chi connectivity index (χ0n) is 15.4. The van der Waals surface area contributed by atoms with Gasteiger partial charge in [-0.1, -0.05) is 81.8 Å². The zero-order valence-corrected chi connectivity index (χ0v) is 17.8. The minimum atomic E-state index is 0. The Hall–Kier alpha value is -1.59. The molecule has 4 aromatic rings. The van der Waals surface area contributed by atoms with Crippen LogP contribution in [0.1, 0.15) is 31.9 Å². The molecule has 0 unspecified atom stereocenters. The second-order valence-corrected chi connectivity index (χ2v) is 7.73. The minimum absolute atomic E-state index is 0. The first kappa shape index (κ1) is 18.2. The Morgan fingerprint density at radius 2 is 1.40 bits per heavy atom. The average molecular weight is 403 g/mol. The number of aryl methyl sites for hydroxylation is 1. The number of hydrogen-bond acceptors (Lipinski definition) is 0. The molecule has 0 radical (unpaired) electrons. The fraction of sp³-hybridized carbons (Fsp3) is 0.208. The van der Waals surface area contributed by atoms with E-state index < -0.39 is 0 Å². The first-order chi connectivity index (χ1) is 11.5. The van der Waals surface area contributed by atoms with E-state index in [2.05, 4.69) is 94.4 Å². The van der Waals surface area contributed by atoms with Gasteiger partial charge in [0.15, 0.2) is 0 Å². The van der Waals surface area contributed by atoms with Crippen LogP contribution in [-0.2, 0) is 31.6 Å². The predicted molar refractivity (Wildman–Crippen MR) is 106 cm³/mol. The number of rotatable bonds is 1. The van der Waals surface area contributed by atoms with Crippen LogP contribution in [0.2, 0.25) is 0 Å². The summed E-state index contributed by atoms with van der Waals surface area (Å²) in [6.45, 7) is 9.17. The van der Waals surface area contributed by atoms with Gasteiger partial charge in [-0.3, -0.25) is 0 Å². The van der Waals surface area contributed by atoms with Gasteiger partial charge in [0, 0.05) is 26.2 Å². The normalized spacial score (nSPS) is 11.7. The molecule has 0 heterocycles. The van der Waals surface area contributed by atoms with Gasteiger partial charge in [-0.25, -0.2) is 0 Å². The molecule has 0 nitrogen and oxygen atoms in total. The molecule has 0 N–H and O–H groups in total. The van der Waals surface area contributed by atoms with Gasteiger partial charge in [0.25, 0.3) is 0 Å². The summed E-state index contributed by atoms with van der Waals surface area (Å²) < 4.78 is 0. The van der Waals surface area contributed by atoms with E-state index in [0.29, 0.717) is 0 Å². The Morgan fingerprint density at radius 1 is 0.760 bits per heavy atom. The van der Waals surface area contributed by atoms with Crippen LogP contribution >= 0.6 is 0 Å². The van der Waals surface area contributed by atoms with Gasteiger partial charge in [0.05, 0.1) is 0 Å². The summed E-state index contributed by atoms with van der Waals surface area (Å²) in [4.78, 5) is 0. The maximum atomic E-state index is 2.37. The van der Waals surface area contributed by atoms with Gasteiger partial charge in [-0.15, -0.1) is 34.5 Å². The van der Waals surface area contributed by atoms with Crippen molar-refractivity contribution in [2.24, 2.45) is 0 Å². The van der Waals surface area contributed by atoms with Crippen LogP contribution < -0.4 is 0 Å². The third-order valence-electron chi connectivity index (χ3n) is 5.06. The van der Waals surface area contributed by atoms with Crippen molar-refractivity contribution in [3.63, 3.8) is 0 Å². The first-order valence-corrected chi connectivity index (χ1v) is 8.64. The molecular weight excluding hydrogens is 379 g/mol. The molecule has 0 aliphatic rings. The molecule has 25 heavy (non-hydrogen) atoms. The molecule has 0 bridgehead atoms. The third-order valence-corrected chi connectivity index (χ3v) is 5.06. The molecule has 1 heteroatoms. The summed E-state index contributed by atoms with van der Waals surface area (Å²) >= 11 is 0. The summed E-state index contributed by atoms with van der Waals surface area (Å²) in [5.74, 6) is 0. The van der Waals surface area contributed by atoms with Crippen LogP contribution in [-0.4, -0.2) is 0 Å². The van der Waals surface area contributed by atoms with E-state index in [1.54, 1.807) is 0 Å². The Balaban J connectivity index is 0.00000182. The smallest absolute Gasteiger partial charge is 0 e. The molecule has 0 fully saturated rings. The molecule has 4 rings (SSSR count). The van der Waals surface area contributed by atoms with Crippen molar-refractivity contribution in [2.45, 2.75) is 33.1 Å². The molecule has 4 aromatic carbocycles. The number of hydrogen-bond donors (Lipinski definition) is 0. The largest absolute Gasteiger partial charge is 0.152 e. The van der Waals surface area contributed by atoms with E-state index in [-0.39, 0.29) is 31.6 Å². The molecule has 0 amide bonds. The summed E-state index contributed by atoms with van der Waals surface area (Å²) in [7, 11) is 0. The Bertz CT molecular complexity index is 1040. The fourth-order valence-electron chi connectivity index (χ4n) is 3.97. The zero-order chi connectivity index (χ0) is 16.9. The third kappa shape index (κ3) is 3.04. The van der Waals surface area contributed by atoms with Crippen molar-refractivity contribution in [3.8, 4) is 11.1 Å². The first-order valence-electron chi connectivity index (χ1n) is 8.64. The molecule has 0 aromatic heterocycles. The van der Waals surface area contributed by atoms with E-state index in [9.17, 15) is 0 Å². The maximum Gasteiger partial charge on any atom is 0 e. The molecule has 124 valence electrons. The second kappa shape index (κ2) is 6.62. The van der Waals surface area contributed by atoms with Crippen LogP contribution in [0, 0.1) is 6.92 Å². The second-order valence-electron chi connectivity index (χ2n) is 7.73. The molecule has 0 aliphatic carbocycles. The maximum absolute atomic E-state index is 2.37. The average Bonchev–Trinajstić information content (AvgIpc) is 2.92. The minimum Gasteiger partial charge on any atom is -0.152 e. The fourth-order valence-corrected chi connectivity index (χ4v) is 3.97. The van der Waals surface area contributed by atoms with Gasteiger partial charge >= 0.3 is 0 Å². The van der Waals surface area contributed by atoms with Crippen molar-refractivity contribution in [3.05, 3.63) is 77.9 Å². The standard InChI is InChI=1S/C24H23.Zr/c1-16-22(24(2,3)4)15-18-11-8-14-21(23(16)18)20-13-7-10-17-9-5-6-12-19(17)20;/h5-15H,1-4H3;/q-1;. The number of benzene rings is 3. The number of fused-ring (bicyclic) bond motifs is 2. The molecule has 0 saturated carbocycles. The quantitative estimate of drug-likeness (QED) is 0.301. The van der Waals surface area contributed by atoms with E-state index in [0.717, 1.165) is 0 Å². The van der Waals surface area contributed by atoms with E-state index in [4.69, 9.17) is 0 Å². The van der Waals surface area contributed by atoms with Crippen LogP contribution in [0.3, 0.4) is 0 Å². The topological polar surface area (TPSA) is 0 Å². The van der Waals surface area contributed by atoms with Crippen molar-refractivity contribution < 1.29 is 26.2 Å². The van der Waals surface area contributed by atoms with Crippen LogP contribution in [0.25, 0.3) is 32.7 Å². The van der Waals surface area contributed by atoms with Crippen molar-refractivity contribution in [2.75, 3.05) is 0 Å². The van der Waals surface area contributed by atoms with E-state index in [1.165, 1.54) is 43.8 Å². The van der Waals surface area contributed by atoms with Crippen LogP contribution in [0.4, 0.5) is 0 Å². The van der Waals surface area contributed by atoms with E-state index >= 15 is 0 Å².